The Bertz CT molecular complexity index is 701. The Morgan fingerprint density at radius 3 is 3.09 bits per heavy atom. The van der Waals surface area contributed by atoms with Crippen molar-refractivity contribution >= 4 is 11.3 Å². The molecular formula is C16H19N5S. The molecule has 4 heterocycles. The van der Waals surface area contributed by atoms with E-state index in [9.17, 15) is 0 Å². The molecule has 1 aliphatic heterocycles. The first-order chi connectivity index (χ1) is 10.9. The lowest BCUT2D eigenvalue weighted by atomic mass is 9.94. The highest BCUT2D eigenvalue weighted by molar-refractivity contribution is 7.13. The van der Waals surface area contributed by atoms with Gasteiger partial charge in [0, 0.05) is 36.5 Å². The Balaban J connectivity index is 1.49. The van der Waals surface area contributed by atoms with E-state index in [-0.39, 0.29) is 0 Å². The second-order valence-electron chi connectivity index (χ2n) is 5.83. The number of nitrogens with zero attached hydrogens (tertiary/aromatic N) is 3. The fraction of sp³-hybridized carbons (Fsp3) is 0.375. The van der Waals surface area contributed by atoms with Crippen molar-refractivity contribution in [3.8, 4) is 10.6 Å². The summed E-state index contributed by atoms with van der Waals surface area (Å²) < 4.78 is 0. The van der Waals surface area contributed by atoms with Gasteiger partial charge in [-0.15, -0.1) is 11.3 Å². The number of aromatic nitrogens is 4. The summed E-state index contributed by atoms with van der Waals surface area (Å²) in [4.78, 5) is 3.78. The van der Waals surface area contributed by atoms with Gasteiger partial charge in [-0.25, -0.2) is 0 Å². The Labute approximate surface area is 133 Å². The van der Waals surface area contributed by atoms with Gasteiger partial charge in [0.25, 0.3) is 0 Å². The summed E-state index contributed by atoms with van der Waals surface area (Å²) in [7, 11) is 0. The van der Waals surface area contributed by atoms with Crippen LogP contribution >= 0.6 is 11.3 Å². The maximum Gasteiger partial charge on any atom is 0.0794 e. The molecule has 0 aromatic carbocycles. The topological polar surface area (TPSA) is 60.6 Å². The van der Waals surface area contributed by atoms with Crippen molar-refractivity contribution < 1.29 is 0 Å². The zero-order valence-electron chi connectivity index (χ0n) is 12.3. The number of nitrogens with one attached hydrogen (secondary N) is 2. The highest BCUT2D eigenvalue weighted by Crippen LogP contribution is 2.29. The minimum atomic E-state index is 0.563. The van der Waals surface area contributed by atoms with Gasteiger partial charge in [-0.05, 0) is 36.9 Å². The average Bonchev–Trinajstić information content (AvgIpc) is 3.29. The van der Waals surface area contributed by atoms with Gasteiger partial charge in [0.2, 0.25) is 0 Å². The first kappa shape index (κ1) is 13.7. The molecule has 1 atom stereocenters. The maximum atomic E-state index is 4.25. The van der Waals surface area contributed by atoms with Gasteiger partial charge in [-0.3, -0.25) is 15.1 Å². The number of aromatic amines is 2. The number of hydrogen-bond donors (Lipinski definition) is 2. The van der Waals surface area contributed by atoms with E-state index in [1.54, 1.807) is 11.3 Å². The zero-order valence-corrected chi connectivity index (χ0v) is 13.1. The number of thiophene rings is 1. The summed E-state index contributed by atoms with van der Waals surface area (Å²) in [5.41, 5.74) is 3.71. The van der Waals surface area contributed by atoms with Crippen LogP contribution < -0.4 is 0 Å². The molecule has 0 spiro atoms. The molecule has 1 saturated heterocycles. The largest absolute Gasteiger partial charge is 0.298 e. The fourth-order valence-corrected chi connectivity index (χ4v) is 4.01. The Morgan fingerprint density at radius 1 is 1.27 bits per heavy atom. The summed E-state index contributed by atoms with van der Waals surface area (Å²) in [5, 5.41) is 16.7. The van der Waals surface area contributed by atoms with Crippen LogP contribution in [-0.2, 0) is 6.54 Å². The van der Waals surface area contributed by atoms with Gasteiger partial charge in [-0.1, -0.05) is 6.07 Å². The van der Waals surface area contributed by atoms with Crippen molar-refractivity contribution in [2.45, 2.75) is 25.3 Å². The van der Waals surface area contributed by atoms with Crippen LogP contribution in [0.1, 0.15) is 30.0 Å². The number of H-pyrrole nitrogens is 2. The minimum absolute atomic E-state index is 0.563. The summed E-state index contributed by atoms with van der Waals surface area (Å²) in [6, 6.07) is 6.33. The van der Waals surface area contributed by atoms with Gasteiger partial charge < -0.3 is 0 Å². The lowest BCUT2D eigenvalue weighted by molar-refractivity contribution is 0.198. The molecule has 6 heteroatoms. The van der Waals surface area contributed by atoms with Crippen molar-refractivity contribution in [2.24, 2.45) is 0 Å². The number of hydrogen-bond acceptors (Lipinski definition) is 4. The quantitative estimate of drug-likeness (QED) is 0.777. The van der Waals surface area contributed by atoms with Crippen molar-refractivity contribution in [3.05, 3.63) is 47.2 Å². The molecule has 0 aliphatic carbocycles. The van der Waals surface area contributed by atoms with Crippen LogP contribution in [0.4, 0.5) is 0 Å². The standard InChI is InChI=1S/C16H19N5S/c1-3-12(14-5-6-17-19-14)10-21(7-1)11-13-9-18-20-16(13)15-4-2-8-22-15/h2,4-6,8-9,12H,1,3,7,10-11H2,(H,17,19)(H,18,20)/t12-/m0/s1. The molecule has 22 heavy (non-hydrogen) atoms. The maximum absolute atomic E-state index is 4.25. The van der Waals surface area contributed by atoms with Crippen LogP contribution in [0.15, 0.2) is 36.0 Å². The fourth-order valence-electron chi connectivity index (χ4n) is 3.25. The van der Waals surface area contributed by atoms with Crippen LogP contribution in [0.5, 0.6) is 0 Å². The van der Waals surface area contributed by atoms with E-state index in [1.165, 1.54) is 34.7 Å². The first-order valence-corrected chi connectivity index (χ1v) is 8.56. The van der Waals surface area contributed by atoms with Crippen molar-refractivity contribution in [1.29, 1.82) is 0 Å². The lowest BCUT2D eigenvalue weighted by Crippen LogP contribution is -2.34. The molecule has 0 bridgehead atoms. The van der Waals surface area contributed by atoms with Crippen LogP contribution in [-0.4, -0.2) is 38.4 Å². The molecular weight excluding hydrogens is 294 g/mol. The molecule has 3 aromatic heterocycles. The summed E-state index contributed by atoms with van der Waals surface area (Å²) in [6.45, 7) is 3.19. The number of rotatable bonds is 4. The highest BCUT2D eigenvalue weighted by atomic mass is 32.1. The molecule has 0 radical (unpaired) electrons. The van der Waals surface area contributed by atoms with Gasteiger partial charge in [-0.2, -0.15) is 10.2 Å². The normalized spacial score (nSPS) is 19.5. The highest BCUT2D eigenvalue weighted by Gasteiger charge is 2.23. The van der Waals surface area contributed by atoms with Gasteiger partial charge in [0.15, 0.2) is 0 Å². The predicted octanol–water partition coefficient (Wildman–Crippen LogP) is 3.24. The first-order valence-electron chi connectivity index (χ1n) is 7.68. The van der Waals surface area contributed by atoms with E-state index in [4.69, 9.17) is 0 Å². The molecule has 4 rings (SSSR count). The Morgan fingerprint density at radius 2 is 2.27 bits per heavy atom. The van der Waals surface area contributed by atoms with Gasteiger partial charge in [0.05, 0.1) is 16.8 Å². The molecule has 0 saturated carbocycles. The van der Waals surface area contributed by atoms with Crippen molar-refractivity contribution in [3.63, 3.8) is 0 Å². The van der Waals surface area contributed by atoms with Gasteiger partial charge >= 0.3 is 0 Å². The van der Waals surface area contributed by atoms with Crippen LogP contribution in [0.3, 0.4) is 0 Å². The SMILES string of the molecule is c1csc(-c2[nH]ncc2CN2CCC[C@H](c3ccn[nH]3)C2)c1. The smallest absolute Gasteiger partial charge is 0.0794 e. The molecule has 5 nitrogen and oxygen atoms in total. The lowest BCUT2D eigenvalue weighted by Gasteiger charge is -2.32. The third kappa shape index (κ3) is 2.71. The molecule has 3 aromatic rings. The minimum Gasteiger partial charge on any atom is -0.298 e. The van der Waals surface area contributed by atoms with Crippen molar-refractivity contribution in [2.75, 3.05) is 13.1 Å². The zero-order chi connectivity index (χ0) is 14.8. The predicted molar refractivity (Wildman–Crippen MR) is 87.7 cm³/mol. The Kier molecular flexibility index (Phi) is 3.78. The molecule has 114 valence electrons. The molecule has 0 amide bonds. The third-order valence-electron chi connectivity index (χ3n) is 4.35. The summed E-state index contributed by atoms with van der Waals surface area (Å²) >= 11 is 1.75. The Hall–Kier alpha value is -1.92. The second kappa shape index (κ2) is 6.06. The van der Waals surface area contributed by atoms with Crippen LogP contribution in [0, 0.1) is 0 Å². The summed E-state index contributed by atoms with van der Waals surface area (Å²) in [5.74, 6) is 0.563. The van der Waals surface area contributed by atoms with E-state index in [1.807, 2.05) is 12.4 Å². The van der Waals surface area contributed by atoms with E-state index in [0.717, 1.165) is 19.6 Å². The number of likely N-dealkylation sites (tertiary alicyclic amines) is 1. The molecule has 2 N–H and O–H groups in total. The second-order valence-corrected chi connectivity index (χ2v) is 6.78. The van der Waals surface area contributed by atoms with Gasteiger partial charge in [0.1, 0.15) is 0 Å². The van der Waals surface area contributed by atoms with E-state index in [2.05, 4.69) is 48.9 Å². The van der Waals surface area contributed by atoms with E-state index < -0.39 is 0 Å². The van der Waals surface area contributed by atoms with Crippen molar-refractivity contribution in [1.82, 2.24) is 25.3 Å². The third-order valence-corrected chi connectivity index (χ3v) is 5.23. The van der Waals surface area contributed by atoms with E-state index >= 15 is 0 Å². The number of piperidine rings is 1. The molecule has 0 unspecified atom stereocenters. The van der Waals surface area contributed by atoms with Crippen LogP contribution in [0.25, 0.3) is 10.6 Å². The summed E-state index contributed by atoms with van der Waals surface area (Å²) in [6.07, 6.45) is 6.28. The molecule has 1 fully saturated rings. The van der Waals surface area contributed by atoms with E-state index in [0.29, 0.717) is 5.92 Å². The molecule has 1 aliphatic rings. The monoisotopic (exact) mass is 313 g/mol. The average molecular weight is 313 g/mol. The van der Waals surface area contributed by atoms with Crippen LogP contribution in [0.2, 0.25) is 0 Å².